The van der Waals surface area contributed by atoms with E-state index in [-0.39, 0.29) is 69.2 Å². The summed E-state index contributed by atoms with van der Waals surface area (Å²) in [6.45, 7) is 1.14. The maximum absolute atomic E-state index is 14.0. The third kappa shape index (κ3) is 28.5. The number of primary amides is 1. The highest BCUT2D eigenvalue weighted by Gasteiger charge is 2.36. The molecule has 10 atom stereocenters. The van der Waals surface area contributed by atoms with E-state index in [1.807, 2.05) is 5.32 Å². The number of carbonyl (C=O) groups excluding carboxylic acids is 10. The number of amides is 10. The lowest BCUT2D eigenvalue weighted by atomic mass is 10.0. The molecule has 35 heteroatoms. The van der Waals surface area contributed by atoms with Gasteiger partial charge >= 0.3 is 17.9 Å². The largest absolute Gasteiger partial charge is 0.508 e. The number of nitrogens with two attached hydrogens (primary N) is 5. The Morgan fingerprint density at radius 1 is 0.524 bits per heavy atom. The number of benzene rings is 1. The number of carbonyl (C=O) groups is 13. The molecule has 0 unspecified atom stereocenters. The number of aliphatic imine (C=N–C) groups is 1. The number of carboxylic acids is 3. The van der Waals surface area contributed by atoms with Crippen LogP contribution in [-0.4, -0.2) is 206 Å². The third-order valence-electron chi connectivity index (χ3n) is 12.0. The van der Waals surface area contributed by atoms with Crippen molar-refractivity contribution in [1.29, 1.82) is 0 Å². The number of hydrogen-bond donors (Lipinski definition) is 21. The zero-order chi connectivity index (χ0) is 63.8. The highest BCUT2D eigenvalue weighted by Crippen LogP contribution is 2.13. The van der Waals surface area contributed by atoms with Crippen molar-refractivity contribution in [1.82, 2.24) is 47.9 Å². The summed E-state index contributed by atoms with van der Waals surface area (Å²) >= 11 is 4.08. The van der Waals surface area contributed by atoms with Crippen LogP contribution in [0, 0.1) is 5.92 Å². The molecule has 0 bridgehead atoms. The molecule has 34 nitrogen and oxygen atoms in total. The van der Waals surface area contributed by atoms with Crippen molar-refractivity contribution < 1.29 is 93.0 Å². The average molecular weight is 1210 g/mol. The van der Waals surface area contributed by atoms with Gasteiger partial charge in [0.1, 0.15) is 60.1 Å². The zero-order valence-corrected chi connectivity index (χ0v) is 47.1. The van der Waals surface area contributed by atoms with Crippen molar-refractivity contribution in [2.75, 3.05) is 32.1 Å². The molecular weight excluding hydrogens is 1130 g/mol. The van der Waals surface area contributed by atoms with Crippen molar-refractivity contribution in [2.45, 2.75) is 145 Å². The molecule has 1 aromatic carbocycles. The van der Waals surface area contributed by atoms with E-state index in [1.165, 1.54) is 24.3 Å². The molecule has 0 radical (unpaired) electrons. The molecule has 0 saturated heterocycles. The summed E-state index contributed by atoms with van der Waals surface area (Å²) in [7, 11) is 0. The monoisotopic (exact) mass is 1210 g/mol. The Balaban J connectivity index is 3.46. The van der Waals surface area contributed by atoms with E-state index in [0.717, 1.165) is 0 Å². The summed E-state index contributed by atoms with van der Waals surface area (Å²) in [5.74, 6) is -17.5. The number of guanidine groups is 1. The van der Waals surface area contributed by atoms with E-state index < -0.39 is 182 Å². The van der Waals surface area contributed by atoms with Gasteiger partial charge < -0.3 is 107 Å². The second-order valence-electron chi connectivity index (χ2n) is 19.5. The van der Waals surface area contributed by atoms with Crippen LogP contribution in [-0.2, 0) is 68.7 Å². The number of thiol groups is 1. The van der Waals surface area contributed by atoms with Crippen LogP contribution in [0.3, 0.4) is 0 Å². The summed E-state index contributed by atoms with van der Waals surface area (Å²) in [6.07, 6.45) is -3.60. The Labute approximate surface area is 487 Å². The lowest BCUT2D eigenvalue weighted by molar-refractivity contribution is -0.144. The number of hydrogen-bond acceptors (Lipinski definition) is 20. The van der Waals surface area contributed by atoms with Gasteiger partial charge in [0.25, 0.3) is 0 Å². The van der Waals surface area contributed by atoms with Crippen LogP contribution in [0.2, 0.25) is 0 Å². The first-order valence-corrected chi connectivity index (χ1v) is 26.9. The van der Waals surface area contributed by atoms with Gasteiger partial charge in [-0.05, 0) is 81.5 Å². The number of aliphatic hydroxyl groups is 2. The molecule has 1 aromatic rings. The Morgan fingerprint density at radius 3 is 1.31 bits per heavy atom. The third-order valence-corrected chi connectivity index (χ3v) is 12.4. The smallest absolute Gasteiger partial charge is 0.326 e. The normalized spacial score (nSPS) is 14.5. The van der Waals surface area contributed by atoms with Crippen LogP contribution in [0.25, 0.3) is 0 Å². The summed E-state index contributed by atoms with van der Waals surface area (Å²) < 4.78 is 0. The highest BCUT2D eigenvalue weighted by atomic mass is 32.1. The standard InChI is InChI=1S/C49H79N15O19S/c1-23(2)16-32(48(82)83)61-44(78)31(19-38(71)72)60-46(80)34(21-66)63-47(81)35(22-84)64-41(75)28(7-5-15-55-49(53)54)56-43(77)30(18-37(69)70)59-42(76)29(12-13-36(52)68)58-40(74)27(6-3-4-14-50)57-45(79)33(20-65)62-39(73)26(51)17-24-8-10-25(67)11-9-24/h8-11,23,26-35,65-67,84H,3-7,12-22,50-51H2,1-2H3,(H2,52,68)(H,56,77)(H,57,79)(H,58,74)(H,59,76)(H,60,80)(H,61,78)(H,62,73)(H,63,81)(H,64,75)(H,69,70)(H,71,72)(H,82,83)(H4,53,54,55)/t26-,27-,28-,29-,30-,31-,32-,33-,34-,35-/m0/s1. The van der Waals surface area contributed by atoms with Gasteiger partial charge in [-0.15, -0.1) is 0 Å². The molecule has 0 saturated carbocycles. The molecule has 0 aromatic heterocycles. The molecule has 0 aliphatic heterocycles. The topological polar surface area (TPSA) is 594 Å². The fourth-order valence-electron chi connectivity index (χ4n) is 7.57. The predicted molar refractivity (Wildman–Crippen MR) is 298 cm³/mol. The summed E-state index contributed by atoms with van der Waals surface area (Å²) in [5.41, 5.74) is 28.4. The number of aliphatic hydroxyl groups excluding tert-OH is 2. The molecule has 10 amide bonds. The second kappa shape index (κ2) is 38.4. The lowest BCUT2D eigenvalue weighted by Gasteiger charge is -2.27. The van der Waals surface area contributed by atoms with Crippen molar-refractivity contribution in [2.24, 2.45) is 39.6 Å². The minimum atomic E-state index is -2.07. The fraction of sp³-hybridized carbons (Fsp3) is 0.592. The molecule has 84 heavy (non-hydrogen) atoms. The van der Waals surface area contributed by atoms with Crippen molar-refractivity contribution in [3.8, 4) is 5.75 Å². The maximum atomic E-state index is 14.0. The van der Waals surface area contributed by atoms with Gasteiger partial charge in [0, 0.05) is 18.7 Å². The Hall–Kier alpha value is -8.41. The van der Waals surface area contributed by atoms with Crippen molar-refractivity contribution in [3.05, 3.63) is 29.8 Å². The first-order valence-electron chi connectivity index (χ1n) is 26.3. The molecular formula is C49H79N15O19S. The van der Waals surface area contributed by atoms with Crippen LogP contribution >= 0.6 is 12.6 Å². The van der Waals surface area contributed by atoms with Crippen molar-refractivity contribution in [3.63, 3.8) is 0 Å². The molecule has 0 fully saturated rings. The number of nitrogens with one attached hydrogen (secondary N) is 9. The van der Waals surface area contributed by atoms with Gasteiger partial charge in [-0.2, -0.15) is 12.6 Å². The minimum absolute atomic E-state index is 0.0391. The van der Waals surface area contributed by atoms with E-state index >= 15 is 0 Å². The number of unbranched alkanes of at least 4 members (excludes halogenated alkanes) is 1. The van der Waals surface area contributed by atoms with Gasteiger partial charge in [0.2, 0.25) is 59.1 Å². The van der Waals surface area contributed by atoms with E-state index in [9.17, 15) is 93.0 Å². The molecule has 0 aliphatic carbocycles. The van der Waals surface area contributed by atoms with E-state index in [1.54, 1.807) is 13.8 Å². The number of aromatic hydroxyl groups is 1. The number of carboxylic acid groups (broad SMARTS) is 3. The molecule has 470 valence electrons. The minimum Gasteiger partial charge on any atom is -0.508 e. The molecule has 0 heterocycles. The maximum Gasteiger partial charge on any atom is 0.326 e. The van der Waals surface area contributed by atoms with Crippen molar-refractivity contribution >= 4 is 95.6 Å². The van der Waals surface area contributed by atoms with E-state index in [2.05, 4.69) is 60.2 Å². The zero-order valence-electron chi connectivity index (χ0n) is 46.2. The molecule has 0 spiro atoms. The summed E-state index contributed by atoms with van der Waals surface area (Å²) in [6, 6.07) is -11.3. The number of phenols is 1. The van der Waals surface area contributed by atoms with Crippen LogP contribution in [0.4, 0.5) is 0 Å². The van der Waals surface area contributed by atoms with Gasteiger partial charge in [-0.25, -0.2) is 4.79 Å². The molecule has 0 aliphatic rings. The number of phenolic OH excluding ortho intramolecular Hbond substituents is 1. The van der Waals surface area contributed by atoms with E-state index in [4.69, 9.17) is 28.7 Å². The average Bonchev–Trinajstić information content (AvgIpc) is 3.58. The lowest BCUT2D eigenvalue weighted by Crippen LogP contribution is -2.61. The van der Waals surface area contributed by atoms with Gasteiger partial charge in [0.15, 0.2) is 5.96 Å². The van der Waals surface area contributed by atoms with Crippen LogP contribution < -0.4 is 76.5 Å². The Kier molecular flexibility index (Phi) is 33.6. The molecule has 25 N–H and O–H groups in total. The highest BCUT2D eigenvalue weighted by molar-refractivity contribution is 7.80. The number of nitrogens with zero attached hydrogens (tertiary/aromatic N) is 1. The predicted octanol–water partition coefficient (Wildman–Crippen LogP) is -7.93. The quantitative estimate of drug-likeness (QED) is 0.0125. The molecule has 1 rings (SSSR count). The summed E-state index contributed by atoms with van der Waals surface area (Å²) in [4.78, 5) is 173. The summed E-state index contributed by atoms with van der Waals surface area (Å²) in [5, 5.41) is 78.5. The number of aliphatic carboxylic acids is 3. The number of rotatable bonds is 41. The van der Waals surface area contributed by atoms with Crippen LogP contribution in [0.15, 0.2) is 29.3 Å². The van der Waals surface area contributed by atoms with Gasteiger partial charge in [-0.1, -0.05) is 26.0 Å². The van der Waals surface area contributed by atoms with Crippen LogP contribution in [0.5, 0.6) is 5.75 Å². The SMILES string of the molecule is CC(C)C[C@H](NC(=O)[C@H](CC(=O)O)NC(=O)[C@H](CO)NC(=O)[C@H](CS)NC(=O)[C@H](CCCN=C(N)N)NC(=O)[C@H](CC(=O)O)NC(=O)[C@H](CCC(N)=O)NC(=O)[C@H](CCCCN)NC(=O)[C@H](CO)NC(=O)[C@@H](N)Cc1ccc(O)cc1)C(=O)O. The first-order chi connectivity index (χ1) is 39.5. The fourth-order valence-corrected chi connectivity index (χ4v) is 7.83. The van der Waals surface area contributed by atoms with Gasteiger partial charge in [-0.3, -0.25) is 62.5 Å². The Morgan fingerprint density at radius 2 is 0.905 bits per heavy atom. The second-order valence-corrected chi connectivity index (χ2v) is 19.8. The first kappa shape index (κ1) is 73.6. The Bertz CT molecular complexity index is 2470. The van der Waals surface area contributed by atoms with E-state index in [0.29, 0.717) is 12.0 Å². The van der Waals surface area contributed by atoms with Crippen LogP contribution in [0.1, 0.15) is 83.6 Å². The van der Waals surface area contributed by atoms with Gasteiger partial charge in [0.05, 0.1) is 32.1 Å².